The number of hydrogen-bond acceptors (Lipinski definition) is 6. The van der Waals surface area contributed by atoms with Crippen LogP contribution >= 0.6 is 0 Å². The summed E-state index contributed by atoms with van der Waals surface area (Å²) in [5, 5.41) is 2.69. The number of nitrogens with zero attached hydrogens (tertiary/aromatic N) is 7. The van der Waals surface area contributed by atoms with Gasteiger partial charge in [-0.05, 0) is 121 Å². The first-order valence-corrected chi connectivity index (χ1v) is 28.2. The van der Waals surface area contributed by atoms with Crippen LogP contribution in [0, 0.1) is 0 Å². The highest BCUT2D eigenvalue weighted by atomic mass is 15.0. The van der Waals surface area contributed by atoms with Gasteiger partial charge in [-0.2, -0.15) is 0 Å². The zero-order chi connectivity index (χ0) is 52.5. The van der Waals surface area contributed by atoms with E-state index < -0.39 is 0 Å². The summed E-state index contributed by atoms with van der Waals surface area (Å²) in [6, 6.07) is 84.6. The van der Waals surface area contributed by atoms with Crippen LogP contribution in [0.4, 0.5) is 0 Å². The molecule has 3 heterocycles. The molecule has 14 rings (SSSR count). The Morgan fingerprint density at radius 2 is 0.532 bits per heavy atom. The van der Waals surface area contributed by atoms with Crippen LogP contribution in [-0.2, 0) is 0 Å². The number of para-hydroxylation sites is 1. The summed E-state index contributed by atoms with van der Waals surface area (Å²) in [5.74, 6) is 5.98. The van der Waals surface area contributed by atoms with Crippen LogP contribution in [0.2, 0.25) is 0 Å². The average Bonchev–Trinajstić information content (AvgIpc) is 4.07. The lowest BCUT2D eigenvalue weighted by Crippen LogP contribution is -2.13. The topological polar surface area (TPSA) is 82.3 Å². The van der Waals surface area contributed by atoms with Crippen molar-refractivity contribution >= 4 is 21.8 Å². The molecule has 4 unspecified atom stereocenters. The summed E-state index contributed by atoms with van der Waals surface area (Å²) in [6.45, 7) is 0. The van der Waals surface area contributed by atoms with Crippen LogP contribution in [0.3, 0.4) is 0 Å². The molecule has 79 heavy (non-hydrogen) atoms. The predicted molar refractivity (Wildman–Crippen MR) is 321 cm³/mol. The second kappa shape index (κ2) is 21.3. The van der Waals surface area contributed by atoms with Gasteiger partial charge < -0.3 is 4.57 Å². The van der Waals surface area contributed by atoms with E-state index in [9.17, 15) is 0 Å². The van der Waals surface area contributed by atoms with Crippen LogP contribution in [0.1, 0.15) is 97.3 Å². The Morgan fingerprint density at radius 3 is 0.848 bits per heavy atom. The van der Waals surface area contributed by atoms with Gasteiger partial charge in [0.25, 0.3) is 0 Å². The fourth-order valence-electron chi connectivity index (χ4n) is 12.7. The third-order valence-electron chi connectivity index (χ3n) is 16.8. The molecule has 2 fully saturated rings. The van der Waals surface area contributed by atoms with Crippen molar-refractivity contribution < 1.29 is 0 Å². The van der Waals surface area contributed by atoms with Crippen molar-refractivity contribution in [1.82, 2.24) is 34.5 Å². The number of benzene rings is 9. The van der Waals surface area contributed by atoms with Crippen molar-refractivity contribution in [3.8, 4) is 74.0 Å². The van der Waals surface area contributed by atoms with E-state index >= 15 is 0 Å². The zero-order valence-electron chi connectivity index (χ0n) is 44.1. The van der Waals surface area contributed by atoms with Gasteiger partial charge >= 0.3 is 0 Å². The van der Waals surface area contributed by atoms with Crippen LogP contribution in [0.15, 0.2) is 237 Å². The maximum atomic E-state index is 5.01. The number of hydrogen-bond donors (Lipinski definition) is 0. The van der Waals surface area contributed by atoms with E-state index in [1.165, 1.54) is 88.3 Å². The minimum Gasteiger partial charge on any atom is -0.309 e. The van der Waals surface area contributed by atoms with E-state index in [2.05, 4.69) is 168 Å². The van der Waals surface area contributed by atoms with Gasteiger partial charge in [0.05, 0.1) is 11.0 Å². The molecule has 0 aliphatic heterocycles. The predicted octanol–water partition coefficient (Wildman–Crippen LogP) is 18.0. The minimum atomic E-state index is 0.471. The summed E-state index contributed by atoms with van der Waals surface area (Å²) in [4.78, 5) is 29.9. The van der Waals surface area contributed by atoms with E-state index in [0.29, 0.717) is 58.6 Å². The summed E-state index contributed by atoms with van der Waals surface area (Å²) >= 11 is 0. The van der Waals surface area contributed by atoms with Crippen LogP contribution in [0.5, 0.6) is 0 Å². The smallest absolute Gasteiger partial charge is 0.164 e. The molecule has 2 aliphatic rings. The Hall–Kier alpha value is -9.20. The molecule has 0 N–H and O–H groups in total. The Bertz CT molecular complexity index is 3710. The number of fused-ring (bicyclic) bond motifs is 3. The van der Waals surface area contributed by atoms with Gasteiger partial charge in [0.15, 0.2) is 34.9 Å². The first-order chi connectivity index (χ1) is 39.1. The van der Waals surface area contributed by atoms with Crippen LogP contribution < -0.4 is 0 Å². The molecule has 12 aromatic rings. The lowest BCUT2D eigenvalue weighted by atomic mass is 9.75. The summed E-state index contributed by atoms with van der Waals surface area (Å²) in [7, 11) is 0. The van der Waals surface area contributed by atoms with E-state index in [0.717, 1.165) is 46.2 Å². The molecule has 0 radical (unpaired) electrons. The van der Waals surface area contributed by atoms with E-state index in [1.807, 2.05) is 72.8 Å². The van der Waals surface area contributed by atoms with Crippen LogP contribution in [0.25, 0.3) is 95.8 Å². The molecule has 4 atom stereocenters. The van der Waals surface area contributed by atoms with Crippen molar-refractivity contribution in [2.75, 3.05) is 0 Å². The summed E-state index contributed by atoms with van der Waals surface area (Å²) in [5.41, 5.74) is 15.3. The normalized spacial score (nSPS) is 17.5. The largest absolute Gasteiger partial charge is 0.309 e. The monoisotopic (exact) mass is 1020 g/mol. The molecule has 0 spiro atoms. The maximum absolute atomic E-state index is 5.01. The standard InChI is InChI=1S/C72H59N7/c1-6-18-50(19-7-1)67-73-68(51-20-8-2-9-21-51)76-71(75-67)54-36-32-48(33-37-54)56-26-16-28-58(44-56)60-40-42-65-63(46-60)64-47-61(41-43-66(64)79(65)62-30-14-5-15-31-62)59-29-17-27-57(45-59)49-34-38-55(39-35-49)72-77-69(52-22-10-3-11-23-52)74-70(78-72)53-24-12-4-13-25-53/h1-15,18-25,30-43,46-47,56-59H,16-17,26-29,44-45H2. The Balaban J connectivity index is 0.734. The SMILES string of the molecule is c1ccc(-c2nc(-c3ccccc3)nc(-c3ccc(C4CCCC(c5ccc6c(c5)c5cc(C7CCCC(c8ccc(-c9nc(-c%10ccccc%10)nc(-c%10ccccc%10)n9)cc8)C7)ccc5n6-c5ccccc5)C4)cc3)n2)cc1. The highest BCUT2D eigenvalue weighted by molar-refractivity contribution is 6.09. The lowest BCUT2D eigenvalue weighted by molar-refractivity contribution is 0.394. The quantitative estimate of drug-likeness (QED) is 0.128. The van der Waals surface area contributed by atoms with Crippen LogP contribution in [-0.4, -0.2) is 34.5 Å². The van der Waals surface area contributed by atoms with Gasteiger partial charge in [-0.3, -0.25) is 0 Å². The van der Waals surface area contributed by atoms with E-state index in [4.69, 9.17) is 29.9 Å². The van der Waals surface area contributed by atoms with E-state index in [-0.39, 0.29) is 0 Å². The molecule has 0 amide bonds. The zero-order valence-corrected chi connectivity index (χ0v) is 44.1. The average molecular weight is 1020 g/mol. The van der Waals surface area contributed by atoms with Gasteiger partial charge in [0.1, 0.15) is 0 Å². The molecule has 382 valence electrons. The van der Waals surface area contributed by atoms with Gasteiger partial charge in [0, 0.05) is 49.8 Å². The van der Waals surface area contributed by atoms with E-state index in [1.54, 1.807) is 0 Å². The molecule has 0 saturated heterocycles. The molecule has 7 heteroatoms. The molecular weight excluding hydrogens is 963 g/mol. The summed E-state index contributed by atoms with van der Waals surface area (Å²) < 4.78 is 2.48. The summed E-state index contributed by atoms with van der Waals surface area (Å²) in [6.07, 6.45) is 9.42. The molecule has 3 aromatic heterocycles. The second-order valence-electron chi connectivity index (χ2n) is 21.7. The Kier molecular flexibility index (Phi) is 13.0. The maximum Gasteiger partial charge on any atom is 0.164 e. The molecule has 7 nitrogen and oxygen atoms in total. The first-order valence-electron chi connectivity index (χ1n) is 28.2. The van der Waals surface area contributed by atoms with Crippen molar-refractivity contribution in [3.05, 3.63) is 259 Å². The molecule has 2 aliphatic carbocycles. The van der Waals surface area contributed by atoms with Crippen molar-refractivity contribution in [3.63, 3.8) is 0 Å². The van der Waals surface area contributed by atoms with Gasteiger partial charge in [0.2, 0.25) is 0 Å². The third-order valence-corrected chi connectivity index (χ3v) is 16.8. The second-order valence-corrected chi connectivity index (χ2v) is 21.7. The number of aromatic nitrogens is 7. The van der Waals surface area contributed by atoms with Gasteiger partial charge in [-0.1, -0.05) is 213 Å². The Labute approximate surface area is 461 Å². The fourth-order valence-corrected chi connectivity index (χ4v) is 12.7. The highest BCUT2D eigenvalue weighted by Crippen LogP contribution is 2.46. The van der Waals surface area contributed by atoms with Crippen molar-refractivity contribution in [2.45, 2.75) is 75.0 Å². The fraction of sp³-hybridized carbons (Fsp3) is 0.167. The lowest BCUT2D eigenvalue weighted by Gasteiger charge is -2.30. The minimum absolute atomic E-state index is 0.471. The highest BCUT2D eigenvalue weighted by Gasteiger charge is 2.28. The molecule has 9 aromatic carbocycles. The molecule has 0 bridgehead atoms. The third kappa shape index (κ3) is 9.82. The molecular formula is C72H59N7. The Morgan fingerprint density at radius 1 is 0.266 bits per heavy atom. The number of rotatable bonds is 11. The van der Waals surface area contributed by atoms with Gasteiger partial charge in [-0.25, -0.2) is 29.9 Å². The molecule has 2 saturated carbocycles. The van der Waals surface area contributed by atoms with Crippen molar-refractivity contribution in [2.24, 2.45) is 0 Å². The van der Waals surface area contributed by atoms with Gasteiger partial charge in [-0.15, -0.1) is 0 Å². The van der Waals surface area contributed by atoms with Crippen molar-refractivity contribution in [1.29, 1.82) is 0 Å². The first kappa shape index (κ1) is 48.2.